The van der Waals surface area contributed by atoms with Gasteiger partial charge in [-0.1, -0.05) is 25.0 Å². The number of hydrogen-bond acceptors (Lipinski definition) is 7. The average molecular weight is 493 g/mol. The molecule has 2 atom stereocenters. The van der Waals surface area contributed by atoms with Gasteiger partial charge in [-0.15, -0.1) is 0 Å². The van der Waals surface area contributed by atoms with Crippen LogP contribution in [-0.4, -0.2) is 84.1 Å². The first-order valence-electron chi connectivity index (χ1n) is 13.7. The van der Waals surface area contributed by atoms with Gasteiger partial charge in [0.1, 0.15) is 11.6 Å². The summed E-state index contributed by atoms with van der Waals surface area (Å²) in [7, 11) is 1.66. The molecule has 1 amide bonds. The molecule has 1 aromatic heterocycles. The fraction of sp³-hybridized carbons (Fsp3) is 0.607. The molecule has 1 aromatic carbocycles. The molecule has 4 heterocycles. The molecule has 8 heteroatoms. The standard InChI is InChI=1S/C28H40N6O2/c1-36-25-10-8-22(9-11-25)19-27(35)34-17-6-7-24(21-34)33-18-13-23(20-33)30-28-29-14-12-26(31-28)32-15-4-2-3-5-16-32/h8-12,14,23-24H,2-7,13,15-21H2,1H3,(H,29,30,31). The molecule has 36 heavy (non-hydrogen) atoms. The summed E-state index contributed by atoms with van der Waals surface area (Å²) in [5.74, 6) is 2.82. The zero-order valence-corrected chi connectivity index (χ0v) is 21.6. The van der Waals surface area contributed by atoms with E-state index in [-0.39, 0.29) is 5.91 Å². The SMILES string of the molecule is COc1ccc(CC(=O)N2CCCC(N3CCC(Nc4nccc(N5CCCCCC5)n4)C3)C2)cc1. The summed E-state index contributed by atoms with van der Waals surface area (Å²) in [6, 6.07) is 10.6. The van der Waals surface area contributed by atoms with Crippen molar-refractivity contribution >= 4 is 17.7 Å². The summed E-state index contributed by atoms with van der Waals surface area (Å²) in [4.78, 5) is 29.4. The summed E-state index contributed by atoms with van der Waals surface area (Å²) in [5, 5.41) is 3.60. The second-order valence-electron chi connectivity index (χ2n) is 10.4. The van der Waals surface area contributed by atoms with Gasteiger partial charge in [0.2, 0.25) is 11.9 Å². The first-order valence-corrected chi connectivity index (χ1v) is 13.7. The fourth-order valence-corrected chi connectivity index (χ4v) is 5.82. The van der Waals surface area contributed by atoms with Gasteiger partial charge in [-0.2, -0.15) is 4.98 Å². The maximum Gasteiger partial charge on any atom is 0.227 e. The monoisotopic (exact) mass is 492 g/mol. The van der Waals surface area contributed by atoms with E-state index >= 15 is 0 Å². The van der Waals surface area contributed by atoms with E-state index in [4.69, 9.17) is 9.72 Å². The summed E-state index contributed by atoms with van der Waals surface area (Å²) in [6.45, 7) is 5.88. The van der Waals surface area contributed by atoms with Crippen LogP contribution in [0, 0.1) is 0 Å². The molecule has 2 unspecified atom stereocenters. The first-order chi connectivity index (χ1) is 17.7. The van der Waals surface area contributed by atoms with Crippen molar-refractivity contribution in [2.24, 2.45) is 0 Å². The van der Waals surface area contributed by atoms with Gasteiger partial charge in [0.15, 0.2) is 0 Å². The number of piperidine rings is 1. The number of ether oxygens (including phenoxy) is 1. The summed E-state index contributed by atoms with van der Waals surface area (Å²) < 4.78 is 5.23. The van der Waals surface area contributed by atoms with Crippen LogP contribution in [0.3, 0.4) is 0 Å². The summed E-state index contributed by atoms with van der Waals surface area (Å²) in [6.07, 6.45) is 10.7. The lowest BCUT2D eigenvalue weighted by molar-refractivity contribution is -0.132. The van der Waals surface area contributed by atoms with E-state index < -0.39 is 0 Å². The van der Waals surface area contributed by atoms with Crippen LogP contribution in [0.5, 0.6) is 5.75 Å². The topological polar surface area (TPSA) is 73.8 Å². The van der Waals surface area contributed by atoms with E-state index in [0.717, 1.165) is 81.6 Å². The van der Waals surface area contributed by atoms with E-state index in [1.165, 1.54) is 25.7 Å². The second kappa shape index (κ2) is 11.9. The third kappa shape index (κ3) is 6.27. The van der Waals surface area contributed by atoms with Gasteiger partial charge in [0.25, 0.3) is 0 Å². The predicted molar refractivity (Wildman–Crippen MR) is 143 cm³/mol. The van der Waals surface area contributed by atoms with Crippen LogP contribution in [0.4, 0.5) is 11.8 Å². The normalized spacial score (nSPS) is 23.4. The Morgan fingerprint density at radius 1 is 0.972 bits per heavy atom. The van der Waals surface area contributed by atoms with Gasteiger partial charge in [-0.25, -0.2) is 4.98 Å². The Morgan fingerprint density at radius 2 is 1.78 bits per heavy atom. The highest BCUT2D eigenvalue weighted by Crippen LogP contribution is 2.24. The number of aromatic nitrogens is 2. The molecule has 1 N–H and O–H groups in total. The lowest BCUT2D eigenvalue weighted by Crippen LogP contribution is -2.49. The number of nitrogens with one attached hydrogen (secondary N) is 1. The van der Waals surface area contributed by atoms with Crippen molar-refractivity contribution in [2.45, 2.75) is 63.5 Å². The molecule has 3 saturated heterocycles. The Kier molecular flexibility index (Phi) is 8.21. The Labute approximate surface area is 215 Å². The van der Waals surface area contributed by atoms with Gasteiger partial charge in [0.05, 0.1) is 13.5 Å². The maximum atomic E-state index is 13.0. The highest BCUT2D eigenvalue weighted by molar-refractivity contribution is 5.79. The number of carbonyl (C=O) groups excluding carboxylic acids is 1. The largest absolute Gasteiger partial charge is 0.497 e. The lowest BCUT2D eigenvalue weighted by atomic mass is 10.0. The van der Waals surface area contributed by atoms with Crippen LogP contribution in [0.2, 0.25) is 0 Å². The van der Waals surface area contributed by atoms with Crippen molar-refractivity contribution in [3.63, 3.8) is 0 Å². The van der Waals surface area contributed by atoms with E-state index in [0.29, 0.717) is 18.5 Å². The molecule has 2 aromatic rings. The van der Waals surface area contributed by atoms with Gasteiger partial charge in [0, 0.05) is 57.5 Å². The molecule has 0 aliphatic carbocycles. The molecule has 0 bridgehead atoms. The zero-order valence-electron chi connectivity index (χ0n) is 21.6. The molecule has 0 saturated carbocycles. The van der Waals surface area contributed by atoms with Crippen molar-refractivity contribution < 1.29 is 9.53 Å². The molecule has 5 rings (SSSR count). The van der Waals surface area contributed by atoms with Crippen LogP contribution in [0.25, 0.3) is 0 Å². The van der Waals surface area contributed by atoms with Gasteiger partial charge in [-0.3, -0.25) is 9.69 Å². The number of hydrogen-bond donors (Lipinski definition) is 1. The Hall–Kier alpha value is -2.87. The van der Waals surface area contributed by atoms with Crippen LogP contribution >= 0.6 is 0 Å². The number of amides is 1. The minimum absolute atomic E-state index is 0.220. The second-order valence-corrected chi connectivity index (χ2v) is 10.4. The average Bonchev–Trinajstić information content (AvgIpc) is 3.21. The van der Waals surface area contributed by atoms with Crippen molar-refractivity contribution in [1.82, 2.24) is 19.8 Å². The smallest absolute Gasteiger partial charge is 0.227 e. The predicted octanol–water partition coefficient (Wildman–Crippen LogP) is 3.59. The summed E-state index contributed by atoms with van der Waals surface area (Å²) in [5.41, 5.74) is 1.04. The zero-order chi connectivity index (χ0) is 24.7. The third-order valence-electron chi connectivity index (χ3n) is 7.90. The molecular formula is C28H40N6O2. The molecule has 3 aliphatic rings. The number of methoxy groups -OCH3 is 1. The van der Waals surface area contributed by atoms with E-state index in [2.05, 4.69) is 25.0 Å². The highest BCUT2D eigenvalue weighted by Gasteiger charge is 2.33. The molecule has 0 radical (unpaired) electrons. The van der Waals surface area contributed by atoms with E-state index in [1.54, 1.807) is 7.11 Å². The fourth-order valence-electron chi connectivity index (χ4n) is 5.82. The van der Waals surface area contributed by atoms with Gasteiger partial charge < -0.3 is 19.9 Å². The summed E-state index contributed by atoms with van der Waals surface area (Å²) >= 11 is 0. The van der Waals surface area contributed by atoms with Crippen LogP contribution in [0.15, 0.2) is 36.5 Å². The minimum atomic E-state index is 0.220. The Morgan fingerprint density at radius 3 is 2.56 bits per heavy atom. The van der Waals surface area contributed by atoms with Crippen LogP contribution in [0.1, 0.15) is 50.5 Å². The van der Waals surface area contributed by atoms with Crippen molar-refractivity contribution in [3.05, 3.63) is 42.1 Å². The number of likely N-dealkylation sites (tertiary alicyclic amines) is 2. The molecular weight excluding hydrogens is 452 g/mol. The van der Waals surface area contributed by atoms with Crippen molar-refractivity contribution in [3.8, 4) is 5.75 Å². The molecule has 0 spiro atoms. The molecule has 8 nitrogen and oxygen atoms in total. The van der Waals surface area contributed by atoms with Crippen LogP contribution < -0.4 is 15.0 Å². The van der Waals surface area contributed by atoms with E-state index in [9.17, 15) is 4.79 Å². The maximum absolute atomic E-state index is 13.0. The third-order valence-corrected chi connectivity index (χ3v) is 7.90. The van der Waals surface area contributed by atoms with E-state index in [1.807, 2.05) is 36.5 Å². The quantitative estimate of drug-likeness (QED) is 0.633. The molecule has 194 valence electrons. The highest BCUT2D eigenvalue weighted by atomic mass is 16.5. The number of carbonyl (C=O) groups is 1. The number of benzene rings is 1. The van der Waals surface area contributed by atoms with Crippen molar-refractivity contribution in [2.75, 3.05) is 56.6 Å². The van der Waals surface area contributed by atoms with Gasteiger partial charge in [-0.05, 0) is 55.9 Å². The van der Waals surface area contributed by atoms with Crippen LogP contribution in [-0.2, 0) is 11.2 Å². The van der Waals surface area contributed by atoms with Crippen molar-refractivity contribution in [1.29, 1.82) is 0 Å². The first kappa shape index (κ1) is 24.8. The Bertz CT molecular complexity index is 992. The number of anilines is 2. The number of nitrogens with zero attached hydrogens (tertiary/aromatic N) is 5. The molecule has 3 fully saturated rings. The lowest BCUT2D eigenvalue weighted by Gasteiger charge is -2.37. The molecule has 3 aliphatic heterocycles. The van der Waals surface area contributed by atoms with Gasteiger partial charge >= 0.3 is 0 Å². The Balaban J connectivity index is 1.13. The minimum Gasteiger partial charge on any atom is -0.497 e. The number of rotatable bonds is 7.